The zero-order chi connectivity index (χ0) is 20.2. The number of hydrogen-bond donors (Lipinski definition) is 0. The van der Waals surface area contributed by atoms with Gasteiger partial charge in [-0.25, -0.2) is 0 Å². The zero-order valence-corrected chi connectivity index (χ0v) is 17.6. The van der Waals surface area contributed by atoms with E-state index in [9.17, 15) is 4.79 Å². The summed E-state index contributed by atoms with van der Waals surface area (Å²) in [6, 6.07) is 7.71. The van der Waals surface area contributed by atoms with Crippen LogP contribution in [0.3, 0.4) is 0 Å². The van der Waals surface area contributed by atoms with E-state index in [-0.39, 0.29) is 12.2 Å². The van der Waals surface area contributed by atoms with Gasteiger partial charge in [-0.15, -0.1) is 10.2 Å². The molecule has 0 bridgehead atoms. The van der Waals surface area contributed by atoms with Crippen molar-refractivity contribution in [3.05, 3.63) is 30.1 Å². The van der Waals surface area contributed by atoms with E-state index in [0.29, 0.717) is 30.0 Å². The third-order valence-corrected chi connectivity index (χ3v) is 6.29. The summed E-state index contributed by atoms with van der Waals surface area (Å²) >= 11 is 1.42. The maximum Gasteiger partial charge on any atom is 0.233 e. The molecule has 156 valence electrons. The number of ether oxygens (including phenoxy) is 3. The maximum atomic E-state index is 12.7. The topological polar surface area (TPSA) is 78.7 Å². The Balaban J connectivity index is 1.34. The molecule has 2 fully saturated rings. The molecule has 0 unspecified atom stereocenters. The Hall–Kier alpha value is -2.10. The van der Waals surface area contributed by atoms with Gasteiger partial charge in [0.25, 0.3) is 0 Å². The number of hydrogen-bond acceptors (Lipinski definition) is 7. The largest absolute Gasteiger partial charge is 0.497 e. The molecular formula is C20H26N4O4S. The maximum absolute atomic E-state index is 12.7. The summed E-state index contributed by atoms with van der Waals surface area (Å²) < 4.78 is 18.4. The molecular weight excluding hydrogens is 392 g/mol. The molecule has 9 heteroatoms. The molecule has 0 saturated carbocycles. The molecule has 3 heterocycles. The van der Waals surface area contributed by atoms with Crippen molar-refractivity contribution < 1.29 is 19.0 Å². The summed E-state index contributed by atoms with van der Waals surface area (Å²) in [6.45, 7) is 4.75. The van der Waals surface area contributed by atoms with Gasteiger partial charge in [-0.1, -0.05) is 11.8 Å². The highest BCUT2D eigenvalue weighted by atomic mass is 32.2. The summed E-state index contributed by atoms with van der Waals surface area (Å²) in [5, 5.41) is 9.16. The minimum absolute atomic E-state index is 0.0901. The molecule has 0 radical (unpaired) electrons. The number of aromatic nitrogens is 3. The van der Waals surface area contributed by atoms with Crippen molar-refractivity contribution in [2.24, 2.45) is 5.92 Å². The fourth-order valence-electron chi connectivity index (χ4n) is 3.75. The van der Waals surface area contributed by atoms with Crippen molar-refractivity contribution in [1.82, 2.24) is 19.7 Å². The molecule has 0 N–H and O–H groups in total. The van der Waals surface area contributed by atoms with Crippen LogP contribution in [0.4, 0.5) is 0 Å². The Morgan fingerprint density at radius 2 is 1.86 bits per heavy atom. The fraction of sp³-hybridized carbons (Fsp3) is 0.550. The van der Waals surface area contributed by atoms with Crippen molar-refractivity contribution in [2.75, 3.05) is 39.2 Å². The van der Waals surface area contributed by atoms with Crippen LogP contribution in [0.5, 0.6) is 5.75 Å². The zero-order valence-electron chi connectivity index (χ0n) is 16.7. The van der Waals surface area contributed by atoms with E-state index in [2.05, 4.69) is 10.2 Å². The highest BCUT2D eigenvalue weighted by Crippen LogP contribution is 2.27. The summed E-state index contributed by atoms with van der Waals surface area (Å²) in [5.74, 6) is 2.43. The predicted octanol–water partition coefficient (Wildman–Crippen LogP) is 2.29. The number of carbonyl (C=O) groups is 1. The van der Waals surface area contributed by atoms with Gasteiger partial charge in [-0.05, 0) is 44.0 Å². The van der Waals surface area contributed by atoms with Gasteiger partial charge in [0.2, 0.25) is 5.91 Å². The van der Waals surface area contributed by atoms with Gasteiger partial charge < -0.3 is 19.1 Å². The third kappa shape index (κ3) is 4.57. The van der Waals surface area contributed by atoms with E-state index in [1.807, 2.05) is 40.7 Å². The highest BCUT2D eigenvalue weighted by molar-refractivity contribution is 7.99. The summed E-state index contributed by atoms with van der Waals surface area (Å²) in [4.78, 5) is 14.6. The van der Waals surface area contributed by atoms with Crippen LogP contribution in [0.1, 0.15) is 18.7 Å². The normalized spacial score (nSPS) is 18.3. The van der Waals surface area contributed by atoms with Crippen LogP contribution in [0, 0.1) is 12.8 Å². The number of aryl methyl sites for hydroxylation is 1. The molecule has 4 rings (SSSR count). The van der Waals surface area contributed by atoms with E-state index < -0.39 is 0 Å². The highest BCUT2D eigenvalue weighted by Gasteiger charge is 2.31. The number of likely N-dealkylation sites (tertiary alicyclic amines) is 1. The average Bonchev–Trinajstić information content (AvgIpc) is 3.42. The van der Waals surface area contributed by atoms with E-state index in [4.69, 9.17) is 14.2 Å². The van der Waals surface area contributed by atoms with Crippen molar-refractivity contribution >= 4 is 17.7 Å². The average molecular weight is 419 g/mol. The van der Waals surface area contributed by atoms with E-state index in [1.54, 1.807) is 7.11 Å². The second-order valence-electron chi connectivity index (χ2n) is 7.18. The summed E-state index contributed by atoms with van der Waals surface area (Å²) in [6.07, 6.45) is 1.75. The number of thioether (sulfide) groups is 1. The van der Waals surface area contributed by atoms with Crippen LogP contribution in [0.25, 0.3) is 5.69 Å². The van der Waals surface area contributed by atoms with Crippen LogP contribution in [0.2, 0.25) is 0 Å². The second-order valence-corrected chi connectivity index (χ2v) is 8.12. The molecule has 2 aliphatic rings. The van der Waals surface area contributed by atoms with Crippen LogP contribution in [0.15, 0.2) is 29.4 Å². The summed E-state index contributed by atoms with van der Waals surface area (Å²) in [7, 11) is 1.64. The molecule has 29 heavy (non-hydrogen) atoms. The first-order chi connectivity index (χ1) is 14.2. The predicted molar refractivity (Wildman–Crippen MR) is 108 cm³/mol. The van der Waals surface area contributed by atoms with E-state index >= 15 is 0 Å². The number of piperidine rings is 1. The first-order valence-corrected chi connectivity index (χ1v) is 10.8. The lowest BCUT2D eigenvalue weighted by Crippen LogP contribution is -2.42. The van der Waals surface area contributed by atoms with Gasteiger partial charge in [0.15, 0.2) is 11.4 Å². The van der Waals surface area contributed by atoms with Gasteiger partial charge >= 0.3 is 0 Å². The van der Waals surface area contributed by atoms with Gasteiger partial charge in [0.1, 0.15) is 11.6 Å². The first kappa shape index (κ1) is 20.2. The van der Waals surface area contributed by atoms with Gasteiger partial charge in [-0.3, -0.25) is 9.36 Å². The van der Waals surface area contributed by atoms with E-state index in [0.717, 1.165) is 43.2 Å². The smallest absolute Gasteiger partial charge is 0.233 e. The van der Waals surface area contributed by atoms with Crippen LogP contribution in [-0.4, -0.2) is 71.0 Å². The van der Waals surface area contributed by atoms with Crippen LogP contribution < -0.4 is 4.74 Å². The number of nitrogens with zero attached hydrogens (tertiary/aromatic N) is 4. The van der Waals surface area contributed by atoms with Gasteiger partial charge in [0, 0.05) is 24.7 Å². The molecule has 2 aromatic rings. The third-order valence-electron chi connectivity index (χ3n) is 5.38. The van der Waals surface area contributed by atoms with Crippen molar-refractivity contribution in [3.63, 3.8) is 0 Å². The lowest BCUT2D eigenvalue weighted by molar-refractivity contribution is -0.134. The molecule has 0 aliphatic carbocycles. The lowest BCUT2D eigenvalue weighted by atomic mass is 9.96. The molecule has 0 spiro atoms. The number of methoxy groups -OCH3 is 1. The Bertz CT molecular complexity index is 828. The van der Waals surface area contributed by atoms with Crippen molar-refractivity contribution in [3.8, 4) is 11.4 Å². The van der Waals surface area contributed by atoms with Crippen LogP contribution in [-0.2, 0) is 14.3 Å². The number of benzene rings is 1. The van der Waals surface area contributed by atoms with E-state index in [1.165, 1.54) is 11.8 Å². The molecule has 1 amide bonds. The standard InChI is InChI=1S/C20H26N4O4S/c1-14-21-22-20(24(14)16-3-5-17(26-2)6-4-16)29-13-18(25)23-9-7-15(8-10-23)19-27-11-12-28-19/h3-6,15,19H,7-13H2,1-2H3. The minimum Gasteiger partial charge on any atom is -0.497 e. The Morgan fingerprint density at radius 1 is 1.17 bits per heavy atom. The summed E-state index contributed by atoms with van der Waals surface area (Å²) in [5.41, 5.74) is 0.945. The Morgan fingerprint density at radius 3 is 2.52 bits per heavy atom. The molecule has 2 aliphatic heterocycles. The SMILES string of the molecule is COc1ccc(-n2c(C)nnc2SCC(=O)N2CCC(C3OCCO3)CC2)cc1. The molecule has 0 atom stereocenters. The number of rotatable bonds is 6. The number of amides is 1. The van der Waals surface area contributed by atoms with Crippen molar-refractivity contribution in [1.29, 1.82) is 0 Å². The second kappa shape index (κ2) is 9.15. The molecule has 2 saturated heterocycles. The molecule has 1 aromatic carbocycles. The Kier molecular flexibility index (Phi) is 6.37. The van der Waals surface area contributed by atoms with Crippen LogP contribution >= 0.6 is 11.8 Å². The molecule has 8 nitrogen and oxygen atoms in total. The molecule has 1 aromatic heterocycles. The monoisotopic (exact) mass is 418 g/mol. The van der Waals surface area contributed by atoms with Gasteiger partial charge in [0.05, 0.1) is 26.1 Å². The van der Waals surface area contributed by atoms with Gasteiger partial charge in [-0.2, -0.15) is 0 Å². The van der Waals surface area contributed by atoms with Crippen molar-refractivity contribution in [2.45, 2.75) is 31.2 Å². The quantitative estimate of drug-likeness (QED) is 0.666. The first-order valence-electron chi connectivity index (χ1n) is 9.86. The fourth-order valence-corrected chi connectivity index (χ4v) is 4.65. The number of carbonyl (C=O) groups excluding carboxylic acids is 1. The lowest BCUT2D eigenvalue weighted by Gasteiger charge is -2.33. The Labute approximate surface area is 174 Å². The minimum atomic E-state index is -0.0901.